The summed E-state index contributed by atoms with van der Waals surface area (Å²) >= 11 is 0. The number of rotatable bonds is 12. The number of H-pyrrole nitrogens is 1. The third kappa shape index (κ3) is 7.04. The Morgan fingerprint density at radius 1 is 1.03 bits per heavy atom. The highest BCUT2D eigenvalue weighted by Crippen LogP contribution is 2.19. The zero-order valence-corrected chi connectivity index (χ0v) is 20.6. The number of Topliss-reactive ketones (excluding diaryl/α,β-unsaturated/α-hetero) is 1. The summed E-state index contributed by atoms with van der Waals surface area (Å²) in [6.07, 6.45) is -0.137. The van der Waals surface area contributed by atoms with E-state index in [0.717, 1.165) is 11.1 Å². The molecule has 39 heavy (non-hydrogen) atoms. The van der Waals surface area contributed by atoms with Crippen LogP contribution in [0.5, 0.6) is 6.01 Å². The predicted octanol–water partition coefficient (Wildman–Crippen LogP) is 0.910. The molecule has 0 aliphatic carbocycles. The number of ether oxygens (including phenoxy) is 2. The fraction of sp³-hybridized carbons (Fsp3) is 0.400. The molecule has 0 bridgehead atoms. The van der Waals surface area contributed by atoms with Crippen molar-refractivity contribution in [3.63, 3.8) is 0 Å². The summed E-state index contributed by atoms with van der Waals surface area (Å²) in [6.45, 7) is 0.759. The largest absolute Gasteiger partial charge is 0.461 e. The average molecular weight is 543 g/mol. The summed E-state index contributed by atoms with van der Waals surface area (Å²) in [7, 11) is 1.54. The molecular formula is C25H30N6O8. The number of benzene rings is 1. The number of amides is 2. The Morgan fingerprint density at radius 2 is 1.69 bits per heavy atom. The van der Waals surface area contributed by atoms with E-state index in [-0.39, 0.29) is 57.5 Å². The number of aryl methyl sites for hydroxylation is 1. The van der Waals surface area contributed by atoms with E-state index in [1.165, 1.54) is 11.7 Å². The molecule has 1 fully saturated rings. The van der Waals surface area contributed by atoms with Gasteiger partial charge in [-0.1, -0.05) is 31.7 Å². The summed E-state index contributed by atoms with van der Waals surface area (Å²) in [5.74, 6) is -2.45. The van der Waals surface area contributed by atoms with Gasteiger partial charge >= 0.3 is 17.7 Å². The van der Waals surface area contributed by atoms with E-state index >= 15 is 0 Å². The molecule has 1 aliphatic heterocycles. The number of nitrogen functional groups attached to an aromatic ring is 1. The molecule has 3 N–H and O–H groups in total. The van der Waals surface area contributed by atoms with Crippen LogP contribution in [0, 0.1) is 0 Å². The Bertz CT molecular complexity index is 1410. The molecule has 0 saturated carbocycles. The van der Waals surface area contributed by atoms with E-state index in [2.05, 4.69) is 15.0 Å². The van der Waals surface area contributed by atoms with Crippen molar-refractivity contribution >= 4 is 40.5 Å². The van der Waals surface area contributed by atoms with Crippen molar-refractivity contribution in [1.82, 2.24) is 24.6 Å². The zero-order valence-electron chi connectivity index (χ0n) is 20.6. The van der Waals surface area contributed by atoms with Crippen LogP contribution < -0.4 is 16.2 Å². The predicted molar refractivity (Wildman–Crippen MR) is 137 cm³/mol. The number of fused-ring (bicyclic) bond motifs is 1. The van der Waals surface area contributed by atoms with Crippen LogP contribution in [0.4, 0.5) is 5.82 Å². The van der Waals surface area contributed by atoms with Gasteiger partial charge in [-0.3, -0.25) is 19.0 Å². The molecular weight excluding hydrogens is 512 g/mol. The fourth-order valence-corrected chi connectivity index (χ4v) is 3.78. The van der Waals surface area contributed by atoms with Gasteiger partial charge in [0.15, 0.2) is 11.5 Å². The van der Waals surface area contributed by atoms with Gasteiger partial charge in [-0.2, -0.15) is 9.97 Å². The first-order valence-corrected chi connectivity index (χ1v) is 11.8. The maximum Gasteiger partial charge on any atom is 0.340 e. The Labute approximate surface area is 223 Å². The number of anilines is 1. The van der Waals surface area contributed by atoms with E-state index in [4.69, 9.17) is 20.0 Å². The van der Waals surface area contributed by atoms with Gasteiger partial charge in [-0.05, 0) is 17.5 Å². The molecule has 3 aromatic rings. The maximum atomic E-state index is 12.6. The summed E-state index contributed by atoms with van der Waals surface area (Å²) in [4.78, 5) is 75.3. The maximum absolute atomic E-state index is 12.6. The number of methoxy groups -OCH3 is 1. The topological polar surface area (TPSA) is 189 Å². The van der Waals surface area contributed by atoms with Crippen LogP contribution in [0.2, 0.25) is 0 Å². The fourth-order valence-electron chi connectivity index (χ4n) is 3.78. The molecule has 3 heterocycles. The molecule has 14 nitrogen and oxygen atoms in total. The first kappa shape index (κ1) is 29.0. The standard InChI is InChI=1S/C24H26N6O8.CH4/c1-36-10-11-37-23-27-21(25)20-22(28-23)29(24(35)26-20)13-15-4-2-14(3-5-15)6-7-16(31)12-19(34)38-30-17(32)8-9-18(30)33;/h2-5H,6-13H2,1H3,(H,26,35)(H2,25,27,28);1H4. The van der Waals surface area contributed by atoms with Crippen molar-refractivity contribution < 1.29 is 33.5 Å². The number of carbonyl (C=O) groups is 4. The number of nitrogens with one attached hydrogen (secondary N) is 1. The molecule has 14 heteroatoms. The van der Waals surface area contributed by atoms with Crippen molar-refractivity contribution in [2.75, 3.05) is 26.1 Å². The Morgan fingerprint density at radius 3 is 2.36 bits per heavy atom. The quantitative estimate of drug-likeness (QED) is 0.188. The van der Waals surface area contributed by atoms with Gasteiger partial charge in [0.25, 0.3) is 11.8 Å². The molecule has 208 valence electrons. The van der Waals surface area contributed by atoms with Gasteiger partial charge in [0, 0.05) is 26.4 Å². The number of carbonyl (C=O) groups excluding carboxylic acids is 4. The highest BCUT2D eigenvalue weighted by molar-refractivity contribution is 6.03. The highest BCUT2D eigenvalue weighted by atomic mass is 16.7. The molecule has 1 saturated heterocycles. The Hall–Kier alpha value is -4.59. The van der Waals surface area contributed by atoms with E-state index < -0.39 is 29.9 Å². The minimum atomic E-state index is -0.949. The number of nitrogens with two attached hydrogens (primary N) is 1. The minimum Gasteiger partial charge on any atom is -0.461 e. The lowest BCUT2D eigenvalue weighted by molar-refractivity contribution is -0.197. The summed E-state index contributed by atoms with van der Waals surface area (Å²) < 4.78 is 11.8. The Balaban J connectivity index is 0.00000420. The Kier molecular flexibility index (Phi) is 9.49. The van der Waals surface area contributed by atoms with Gasteiger partial charge < -0.3 is 25.0 Å². The van der Waals surface area contributed by atoms with E-state index in [1.807, 2.05) is 24.3 Å². The lowest BCUT2D eigenvalue weighted by atomic mass is 10.0. The molecule has 1 aromatic carbocycles. The number of aromatic amines is 1. The summed E-state index contributed by atoms with van der Waals surface area (Å²) in [5, 5.41) is 0.420. The van der Waals surface area contributed by atoms with Gasteiger partial charge in [0.2, 0.25) is 0 Å². The molecule has 0 unspecified atom stereocenters. The van der Waals surface area contributed by atoms with Gasteiger partial charge in [0.1, 0.15) is 24.3 Å². The number of imidazole rings is 1. The van der Waals surface area contributed by atoms with E-state index in [1.54, 1.807) is 0 Å². The monoisotopic (exact) mass is 542 g/mol. The number of hydroxylamine groups is 2. The molecule has 0 atom stereocenters. The average Bonchev–Trinajstić information content (AvgIpc) is 3.37. The molecule has 2 amide bonds. The van der Waals surface area contributed by atoms with Crippen molar-refractivity contribution in [1.29, 1.82) is 0 Å². The van der Waals surface area contributed by atoms with Crippen molar-refractivity contribution in [2.24, 2.45) is 0 Å². The van der Waals surface area contributed by atoms with Crippen molar-refractivity contribution in [3.05, 3.63) is 45.9 Å². The van der Waals surface area contributed by atoms with Gasteiger partial charge in [0.05, 0.1) is 13.2 Å². The van der Waals surface area contributed by atoms with Crippen LogP contribution >= 0.6 is 0 Å². The van der Waals surface area contributed by atoms with Crippen LogP contribution in [0.3, 0.4) is 0 Å². The number of nitrogens with zero attached hydrogens (tertiary/aromatic N) is 4. The normalized spacial score (nSPS) is 13.0. The summed E-state index contributed by atoms with van der Waals surface area (Å²) in [6, 6.07) is 7.27. The van der Waals surface area contributed by atoms with Crippen molar-refractivity contribution in [2.45, 2.75) is 46.1 Å². The zero-order chi connectivity index (χ0) is 27.2. The van der Waals surface area contributed by atoms with Gasteiger partial charge in [-0.25, -0.2) is 9.59 Å². The van der Waals surface area contributed by atoms with Crippen molar-refractivity contribution in [3.8, 4) is 6.01 Å². The van der Waals surface area contributed by atoms with Crippen LogP contribution in [0.1, 0.15) is 44.2 Å². The lowest BCUT2D eigenvalue weighted by Crippen LogP contribution is -2.32. The number of hydrogen-bond donors (Lipinski definition) is 2. The molecule has 0 radical (unpaired) electrons. The number of aromatic nitrogens is 4. The highest BCUT2D eigenvalue weighted by Gasteiger charge is 2.33. The van der Waals surface area contributed by atoms with Crippen LogP contribution in [-0.4, -0.2) is 68.5 Å². The third-order valence-electron chi connectivity index (χ3n) is 5.75. The van der Waals surface area contributed by atoms with E-state index in [9.17, 15) is 24.0 Å². The first-order chi connectivity index (χ1) is 18.2. The van der Waals surface area contributed by atoms with E-state index in [0.29, 0.717) is 29.3 Å². The van der Waals surface area contributed by atoms with Crippen LogP contribution in [0.25, 0.3) is 11.2 Å². The number of imide groups is 1. The van der Waals surface area contributed by atoms with Crippen LogP contribution in [0.15, 0.2) is 29.1 Å². The smallest absolute Gasteiger partial charge is 0.340 e. The second-order valence-electron chi connectivity index (χ2n) is 8.52. The second kappa shape index (κ2) is 12.8. The van der Waals surface area contributed by atoms with Gasteiger partial charge in [-0.15, -0.1) is 5.06 Å². The summed E-state index contributed by atoms with van der Waals surface area (Å²) in [5.41, 5.74) is 7.80. The second-order valence-corrected chi connectivity index (χ2v) is 8.52. The first-order valence-electron chi connectivity index (χ1n) is 11.8. The minimum absolute atomic E-state index is 0. The molecule has 1 aliphatic rings. The molecule has 0 spiro atoms. The van der Waals surface area contributed by atoms with Crippen LogP contribution in [-0.2, 0) is 41.7 Å². The lowest BCUT2D eigenvalue weighted by Gasteiger charge is -2.12. The molecule has 4 rings (SSSR count). The number of hydrogen-bond acceptors (Lipinski definition) is 11. The SMILES string of the molecule is C.COCCOc1nc(N)c2[nH]c(=O)n(Cc3ccc(CCC(=O)CC(=O)ON4C(=O)CCC4=O)cc3)c2n1. The third-order valence-corrected chi connectivity index (χ3v) is 5.75. The number of ketones is 1. The molecule has 2 aromatic heterocycles.